The molecule has 100 valence electrons. The van der Waals surface area contributed by atoms with Crippen LogP contribution in [0, 0.1) is 6.92 Å². The Labute approximate surface area is 118 Å². The lowest BCUT2D eigenvalue weighted by atomic mass is 9.93. The van der Waals surface area contributed by atoms with E-state index in [1.54, 1.807) is 0 Å². The molecule has 1 aliphatic rings. The minimum absolute atomic E-state index is 0.574. The molecule has 1 unspecified atom stereocenters. The second-order valence-electron chi connectivity index (χ2n) is 5.03. The minimum Gasteiger partial charge on any atom is -0.493 e. The van der Waals surface area contributed by atoms with Crippen LogP contribution in [0.5, 0.6) is 5.75 Å². The van der Waals surface area contributed by atoms with Gasteiger partial charge in [0.15, 0.2) is 0 Å². The first-order chi connectivity index (χ1) is 9.34. The zero-order valence-corrected chi connectivity index (χ0v) is 12.0. The number of thiophene rings is 1. The highest BCUT2D eigenvalue weighted by molar-refractivity contribution is 7.10. The Kier molecular flexibility index (Phi) is 3.85. The van der Waals surface area contributed by atoms with Crippen LogP contribution in [0.15, 0.2) is 35.7 Å². The van der Waals surface area contributed by atoms with Crippen molar-refractivity contribution in [3.63, 3.8) is 0 Å². The number of hydrogen-bond acceptors (Lipinski definition) is 3. The van der Waals surface area contributed by atoms with Gasteiger partial charge in [-0.15, -0.1) is 11.3 Å². The van der Waals surface area contributed by atoms with Crippen molar-refractivity contribution in [2.45, 2.75) is 25.8 Å². The van der Waals surface area contributed by atoms with Crippen molar-refractivity contribution in [1.29, 1.82) is 0 Å². The summed E-state index contributed by atoms with van der Waals surface area (Å²) in [4.78, 5) is 1.44. The van der Waals surface area contributed by atoms with Gasteiger partial charge in [0, 0.05) is 23.9 Å². The fourth-order valence-corrected chi connectivity index (χ4v) is 3.45. The van der Waals surface area contributed by atoms with Gasteiger partial charge < -0.3 is 10.1 Å². The Bertz CT molecular complexity index is 549. The van der Waals surface area contributed by atoms with Crippen molar-refractivity contribution in [3.05, 3.63) is 51.7 Å². The van der Waals surface area contributed by atoms with E-state index in [0.717, 1.165) is 31.9 Å². The fraction of sp³-hybridized carbons (Fsp3) is 0.375. The van der Waals surface area contributed by atoms with Crippen LogP contribution in [-0.2, 0) is 6.54 Å². The number of rotatable bonds is 4. The van der Waals surface area contributed by atoms with E-state index in [9.17, 15) is 0 Å². The zero-order valence-electron chi connectivity index (χ0n) is 11.2. The molecular weight excluding hydrogens is 254 g/mol. The van der Waals surface area contributed by atoms with Gasteiger partial charge >= 0.3 is 0 Å². The molecule has 1 aromatic heterocycles. The lowest BCUT2D eigenvalue weighted by Gasteiger charge is -2.26. The van der Waals surface area contributed by atoms with Crippen molar-refractivity contribution in [2.24, 2.45) is 0 Å². The van der Waals surface area contributed by atoms with Gasteiger partial charge in [0.2, 0.25) is 0 Å². The van der Waals surface area contributed by atoms with Gasteiger partial charge in [-0.1, -0.05) is 18.2 Å². The summed E-state index contributed by atoms with van der Waals surface area (Å²) < 4.78 is 5.70. The summed E-state index contributed by atoms with van der Waals surface area (Å²) >= 11 is 1.83. The Morgan fingerprint density at radius 2 is 2.21 bits per heavy atom. The third-order valence-electron chi connectivity index (χ3n) is 3.73. The van der Waals surface area contributed by atoms with Gasteiger partial charge in [-0.05, 0) is 42.0 Å². The molecule has 0 spiro atoms. The normalized spacial score (nSPS) is 17.8. The Morgan fingerprint density at radius 3 is 3.05 bits per heavy atom. The molecule has 1 atom stereocenters. The molecule has 2 heterocycles. The first kappa shape index (κ1) is 12.7. The molecule has 3 heteroatoms. The first-order valence-electron chi connectivity index (χ1n) is 6.80. The predicted octanol–water partition coefficient (Wildman–Crippen LogP) is 3.71. The van der Waals surface area contributed by atoms with Crippen LogP contribution in [-0.4, -0.2) is 13.2 Å². The molecule has 0 bridgehead atoms. The molecule has 0 saturated carbocycles. The molecule has 3 rings (SSSR count). The molecule has 19 heavy (non-hydrogen) atoms. The lowest BCUT2D eigenvalue weighted by molar-refractivity contribution is 0.264. The van der Waals surface area contributed by atoms with E-state index in [1.807, 2.05) is 17.4 Å². The highest BCUT2D eigenvalue weighted by Crippen LogP contribution is 2.32. The van der Waals surface area contributed by atoms with Gasteiger partial charge in [-0.3, -0.25) is 0 Å². The van der Waals surface area contributed by atoms with E-state index in [1.165, 1.54) is 16.0 Å². The van der Waals surface area contributed by atoms with E-state index in [4.69, 9.17) is 4.74 Å². The number of aryl methyl sites for hydroxylation is 1. The van der Waals surface area contributed by atoms with Crippen molar-refractivity contribution >= 4 is 11.3 Å². The number of para-hydroxylation sites is 1. The topological polar surface area (TPSA) is 21.3 Å². The lowest BCUT2D eigenvalue weighted by Crippen LogP contribution is -2.25. The summed E-state index contributed by atoms with van der Waals surface area (Å²) in [6.45, 7) is 5.01. The van der Waals surface area contributed by atoms with Crippen LogP contribution in [0.4, 0.5) is 0 Å². The number of ether oxygens (including phenoxy) is 1. The van der Waals surface area contributed by atoms with Crippen molar-refractivity contribution in [2.75, 3.05) is 13.2 Å². The zero-order chi connectivity index (χ0) is 13.1. The van der Waals surface area contributed by atoms with Gasteiger partial charge in [-0.2, -0.15) is 0 Å². The Hall–Kier alpha value is -1.32. The van der Waals surface area contributed by atoms with Crippen LogP contribution < -0.4 is 10.1 Å². The van der Waals surface area contributed by atoms with E-state index >= 15 is 0 Å². The second-order valence-corrected chi connectivity index (χ2v) is 6.03. The van der Waals surface area contributed by atoms with Crippen LogP contribution in [0.2, 0.25) is 0 Å². The summed E-state index contributed by atoms with van der Waals surface area (Å²) in [5, 5.41) is 5.76. The largest absolute Gasteiger partial charge is 0.493 e. The highest BCUT2D eigenvalue weighted by Gasteiger charge is 2.20. The molecular formula is C16H19NOS. The van der Waals surface area contributed by atoms with Crippen LogP contribution >= 0.6 is 11.3 Å². The summed E-state index contributed by atoms with van der Waals surface area (Å²) in [5.41, 5.74) is 2.74. The molecule has 1 aliphatic heterocycles. The van der Waals surface area contributed by atoms with Crippen LogP contribution in [0.3, 0.4) is 0 Å². The van der Waals surface area contributed by atoms with Gasteiger partial charge in [0.1, 0.15) is 5.75 Å². The quantitative estimate of drug-likeness (QED) is 0.917. The monoisotopic (exact) mass is 273 g/mol. The average Bonchev–Trinajstić information content (AvgIpc) is 2.85. The van der Waals surface area contributed by atoms with Crippen LogP contribution in [0.1, 0.15) is 28.3 Å². The minimum atomic E-state index is 0.574. The molecule has 0 fully saturated rings. The number of benzene rings is 1. The van der Waals surface area contributed by atoms with Gasteiger partial charge in [-0.25, -0.2) is 0 Å². The first-order valence-corrected chi connectivity index (χ1v) is 7.68. The fourth-order valence-electron chi connectivity index (χ4n) is 2.57. The number of hydrogen-bond donors (Lipinski definition) is 1. The standard InChI is InChI=1S/C16H19NOS/c1-12-7-9-19-16(12)11-17-10-13-6-8-18-15-5-3-2-4-14(13)15/h2-5,7,9,13,17H,6,8,10-11H2,1H3. The molecule has 0 radical (unpaired) electrons. The maximum atomic E-state index is 5.70. The van der Waals surface area contributed by atoms with Crippen molar-refractivity contribution in [1.82, 2.24) is 5.32 Å². The SMILES string of the molecule is Cc1ccsc1CNCC1CCOc2ccccc21. The van der Waals surface area contributed by atoms with E-state index in [0.29, 0.717) is 5.92 Å². The van der Waals surface area contributed by atoms with Crippen molar-refractivity contribution < 1.29 is 4.74 Å². The maximum absolute atomic E-state index is 5.70. The second kappa shape index (κ2) is 5.76. The summed E-state index contributed by atoms with van der Waals surface area (Å²) in [7, 11) is 0. The summed E-state index contributed by atoms with van der Waals surface area (Å²) in [6.07, 6.45) is 1.10. The van der Waals surface area contributed by atoms with Gasteiger partial charge in [0.25, 0.3) is 0 Å². The maximum Gasteiger partial charge on any atom is 0.122 e. The Balaban J connectivity index is 1.61. The summed E-state index contributed by atoms with van der Waals surface area (Å²) in [6, 6.07) is 10.6. The third-order valence-corrected chi connectivity index (χ3v) is 4.75. The predicted molar refractivity (Wildman–Crippen MR) is 80.1 cm³/mol. The molecule has 0 aliphatic carbocycles. The van der Waals surface area contributed by atoms with E-state index in [2.05, 4.69) is 41.9 Å². The molecule has 0 amide bonds. The molecule has 2 aromatic rings. The van der Waals surface area contributed by atoms with E-state index < -0.39 is 0 Å². The molecule has 1 N–H and O–H groups in total. The smallest absolute Gasteiger partial charge is 0.122 e. The highest BCUT2D eigenvalue weighted by atomic mass is 32.1. The summed E-state index contributed by atoms with van der Waals surface area (Å²) in [5.74, 6) is 1.64. The van der Waals surface area contributed by atoms with Gasteiger partial charge in [0.05, 0.1) is 6.61 Å². The molecule has 0 saturated heterocycles. The van der Waals surface area contributed by atoms with E-state index in [-0.39, 0.29) is 0 Å². The Morgan fingerprint density at radius 1 is 1.32 bits per heavy atom. The third kappa shape index (κ3) is 2.82. The molecule has 2 nitrogen and oxygen atoms in total. The molecule has 1 aromatic carbocycles. The van der Waals surface area contributed by atoms with Crippen LogP contribution in [0.25, 0.3) is 0 Å². The average molecular weight is 273 g/mol. The number of fused-ring (bicyclic) bond motifs is 1. The van der Waals surface area contributed by atoms with Crippen molar-refractivity contribution in [3.8, 4) is 5.75 Å². The number of nitrogens with one attached hydrogen (secondary N) is 1.